The number of urea groups is 1. The molecule has 1 aromatic carbocycles. The van der Waals surface area contributed by atoms with Crippen LogP contribution in [0, 0.1) is 5.92 Å². The SMILES string of the molecule is CC1CN(C(=O)N2CCCCC2)C2Cc3ccccc3C1(C)C2. The van der Waals surface area contributed by atoms with Crippen molar-refractivity contribution in [2.45, 2.75) is 57.4 Å². The maximum Gasteiger partial charge on any atom is 0.320 e. The lowest BCUT2D eigenvalue weighted by atomic mass is 9.60. The van der Waals surface area contributed by atoms with Gasteiger partial charge in [0.05, 0.1) is 0 Å². The lowest BCUT2D eigenvalue weighted by Gasteiger charge is -2.54. The quantitative estimate of drug-likeness (QED) is 0.714. The number of benzene rings is 1. The maximum absolute atomic E-state index is 13.1. The van der Waals surface area contributed by atoms with Crippen LogP contribution in [0.5, 0.6) is 0 Å². The Morgan fingerprint density at radius 2 is 1.91 bits per heavy atom. The van der Waals surface area contributed by atoms with E-state index in [2.05, 4.69) is 47.9 Å². The first-order valence-corrected chi connectivity index (χ1v) is 9.23. The lowest BCUT2D eigenvalue weighted by Crippen LogP contribution is -2.60. The molecule has 0 radical (unpaired) electrons. The summed E-state index contributed by atoms with van der Waals surface area (Å²) in [5.74, 6) is 0.508. The van der Waals surface area contributed by atoms with Gasteiger partial charge in [-0.2, -0.15) is 0 Å². The van der Waals surface area contributed by atoms with Crippen molar-refractivity contribution >= 4 is 6.03 Å². The highest BCUT2D eigenvalue weighted by Gasteiger charge is 2.48. The van der Waals surface area contributed by atoms with Crippen LogP contribution in [0.1, 0.15) is 50.7 Å². The zero-order chi connectivity index (χ0) is 16.0. The monoisotopic (exact) mass is 312 g/mol. The van der Waals surface area contributed by atoms with Crippen molar-refractivity contribution in [1.29, 1.82) is 0 Å². The first-order chi connectivity index (χ1) is 11.1. The van der Waals surface area contributed by atoms with Crippen molar-refractivity contribution in [1.82, 2.24) is 9.80 Å². The molecular weight excluding hydrogens is 284 g/mol. The van der Waals surface area contributed by atoms with Gasteiger partial charge in [-0.15, -0.1) is 0 Å². The Bertz CT molecular complexity index is 607. The average Bonchev–Trinajstić information content (AvgIpc) is 2.58. The number of piperidine rings is 2. The van der Waals surface area contributed by atoms with E-state index < -0.39 is 0 Å². The normalized spacial score (nSPS) is 33.3. The Hall–Kier alpha value is -1.51. The summed E-state index contributed by atoms with van der Waals surface area (Å²) in [5.41, 5.74) is 3.20. The fourth-order valence-electron chi connectivity index (χ4n) is 5.01. The lowest BCUT2D eigenvalue weighted by molar-refractivity contribution is 0.0483. The summed E-state index contributed by atoms with van der Waals surface area (Å²) in [4.78, 5) is 17.4. The van der Waals surface area contributed by atoms with Gasteiger partial charge in [-0.1, -0.05) is 38.1 Å². The highest BCUT2D eigenvalue weighted by atomic mass is 16.2. The Balaban J connectivity index is 1.63. The van der Waals surface area contributed by atoms with Crippen LogP contribution in [0.3, 0.4) is 0 Å². The van der Waals surface area contributed by atoms with Crippen molar-refractivity contribution in [3.05, 3.63) is 35.4 Å². The molecule has 0 spiro atoms. The van der Waals surface area contributed by atoms with Crippen LogP contribution >= 0.6 is 0 Å². The van der Waals surface area contributed by atoms with Crippen LogP contribution in [0.15, 0.2) is 24.3 Å². The minimum absolute atomic E-state index is 0.220. The van der Waals surface area contributed by atoms with E-state index in [1.165, 1.54) is 30.4 Å². The Labute approximate surface area is 139 Å². The van der Waals surface area contributed by atoms with Crippen molar-refractivity contribution in [2.75, 3.05) is 19.6 Å². The van der Waals surface area contributed by atoms with Gasteiger partial charge >= 0.3 is 6.03 Å². The Morgan fingerprint density at radius 3 is 2.70 bits per heavy atom. The second-order valence-corrected chi connectivity index (χ2v) is 8.02. The van der Waals surface area contributed by atoms with Crippen LogP contribution < -0.4 is 0 Å². The molecule has 0 N–H and O–H groups in total. The van der Waals surface area contributed by atoms with Gasteiger partial charge in [-0.05, 0) is 54.6 Å². The summed E-state index contributed by atoms with van der Waals surface area (Å²) >= 11 is 0. The molecule has 23 heavy (non-hydrogen) atoms. The van der Waals surface area contributed by atoms with Crippen molar-refractivity contribution in [2.24, 2.45) is 5.92 Å². The molecule has 2 amide bonds. The standard InChI is InChI=1S/C20H28N2O/c1-15-14-22(19(23)21-10-6-3-7-11-21)17-12-16-8-4-5-9-18(16)20(15,2)13-17/h4-5,8-9,15,17H,3,6-7,10-14H2,1-2H3. The van der Waals surface area contributed by atoms with Crippen LogP contribution in [-0.2, 0) is 11.8 Å². The second kappa shape index (κ2) is 5.54. The molecule has 3 nitrogen and oxygen atoms in total. The fraction of sp³-hybridized carbons (Fsp3) is 0.650. The van der Waals surface area contributed by atoms with Gasteiger partial charge in [0.2, 0.25) is 0 Å². The van der Waals surface area contributed by atoms with E-state index in [9.17, 15) is 4.79 Å². The molecule has 2 saturated heterocycles. The zero-order valence-electron chi connectivity index (χ0n) is 14.4. The van der Waals surface area contributed by atoms with Gasteiger partial charge in [0, 0.05) is 25.7 Å². The number of fused-ring (bicyclic) bond motifs is 4. The molecule has 3 atom stereocenters. The third kappa shape index (κ3) is 2.36. The number of likely N-dealkylation sites (tertiary alicyclic amines) is 2. The average molecular weight is 312 g/mol. The van der Waals surface area contributed by atoms with Crippen LogP contribution in [-0.4, -0.2) is 41.5 Å². The minimum atomic E-state index is 0.220. The number of carbonyl (C=O) groups excluding carboxylic acids is 1. The smallest absolute Gasteiger partial charge is 0.320 e. The molecule has 3 heteroatoms. The van der Waals surface area contributed by atoms with Crippen LogP contribution in [0.25, 0.3) is 0 Å². The molecule has 0 aromatic heterocycles. The summed E-state index contributed by atoms with van der Waals surface area (Å²) in [5, 5.41) is 0. The number of rotatable bonds is 0. The molecular formula is C20H28N2O. The Morgan fingerprint density at radius 1 is 1.17 bits per heavy atom. The summed E-state index contributed by atoms with van der Waals surface area (Å²) in [7, 11) is 0. The third-order valence-corrected chi connectivity index (χ3v) is 6.62. The number of hydrogen-bond donors (Lipinski definition) is 0. The number of nitrogens with zero attached hydrogens (tertiary/aromatic N) is 2. The van der Waals surface area contributed by atoms with E-state index >= 15 is 0 Å². The predicted octanol–water partition coefficient (Wildman–Crippen LogP) is 3.82. The van der Waals surface area contributed by atoms with Crippen molar-refractivity contribution in [3.8, 4) is 0 Å². The van der Waals surface area contributed by atoms with Gasteiger partial charge in [0.15, 0.2) is 0 Å². The van der Waals surface area contributed by atoms with Gasteiger partial charge in [0.1, 0.15) is 0 Å². The molecule has 1 aliphatic carbocycles. The molecule has 0 saturated carbocycles. The van der Waals surface area contributed by atoms with Crippen LogP contribution in [0.2, 0.25) is 0 Å². The molecule has 4 rings (SSSR count). The Kier molecular flexibility index (Phi) is 3.62. The summed E-state index contributed by atoms with van der Waals surface area (Å²) in [6.07, 6.45) is 5.75. The topological polar surface area (TPSA) is 23.6 Å². The molecule has 124 valence electrons. The van der Waals surface area contributed by atoms with E-state index in [0.29, 0.717) is 18.0 Å². The van der Waals surface area contributed by atoms with Gasteiger partial charge < -0.3 is 9.80 Å². The molecule has 2 bridgehead atoms. The van der Waals surface area contributed by atoms with Gasteiger partial charge in [0.25, 0.3) is 0 Å². The van der Waals surface area contributed by atoms with E-state index in [1.807, 2.05) is 0 Å². The maximum atomic E-state index is 13.1. The first kappa shape index (κ1) is 15.0. The third-order valence-electron chi connectivity index (χ3n) is 6.62. The largest absolute Gasteiger partial charge is 0.325 e. The molecule has 3 unspecified atom stereocenters. The number of amides is 2. The summed E-state index contributed by atoms with van der Waals surface area (Å²) in [6, 6.07) is 9.56. The molecule has 1 aromatic rings. The fourth-order valence-corrected chi connectivity index (χ4v) is 5.01. The highest BCUT2D eigenvalue weighted by molar-refractivity contribution is 5.75. The van der Waals surface area contributed by atoms with Crippen molar-refractivity contribution < 1.29 is 4.79 Å². The van der Waals surface area contributed by atoms with E-state index in [1.54, 1.807) is 0 Å². The van der Waals surface area contributed by atoms with E-state index in [4.69, 9.17) is 0 Å². The first-order valence-electron chi connectivity index (χ1n) is 9.23. The summed E-state index contributed by atoms with van der Waals surface area (Å²) < 4.78 is 0. The van der Waals surface area contributed by atoms with Gasteiger partial charge in [-0.25, -0.2) is 4.79 Å². The van der Waals surface area contributed by atoms with Crippen molar-refractivity contribution in [3.63, 3.8) is 0 Å². The van der Waals surface area contributed by atoms with Gasteiger partial charge in [-0.3, -0.25) is 0 Å². The van der Waals surface area contributed by atoms with E-state index in [-0.39, 0.29) is 5.41 Å². The number of carbonyl (C=O) groups is 1. The zero-order valence-corrected chi connectivity index (χ0v) is 14.4. The molecule has 3 aliphatic rings. The number of hydrogen-bond acceptors (Lipinski definition) is 1. The molecule has 2 aliphatic heterocycles. The highest BCUT2D eigenvalue weighted by Crippen LogP contribution is 2.47. The molecule has 2 heterocycles. The van der Waals surface area contributed by atoms with E-state index in [0.717, 1.165) is 32.5 Å². The molecule has 2 fully saturated rings. The minimum Gasteiger partial charge on any atom is -0.325 e. The second-order valence-electron chi connectivity index (χ2n) is 8.02. The van der Waals surface area contributed by atoms with Crippen LogP contribution in [0.4, 0.5) is 4.79 Å². The summed E-state index contributed by atoms with van der Waals surface area (Å²) in [6.45, 7) is 7.54. The predicted molar refractivity (Wildman–Crippen MR) is 92.6 cm³/mol.